The SMILES string of the molecule is [Li+].[O-]c1ccccc1-c1ccc2ccc3ccc(-c4ccccc4O)nc3c2[nH+]1. The summed E-state index contributed by atoms with van der Waals surface area (Å²) in [4.78, 5) is 8.22. The molecule has 0 amide bonds. The maximum atomic E-state index is 12.2. The summed E-state index contributed by atoms with van der Waals surface area (Å²) in [6.45, 7) is 0. The number of nitrogens with zero attached hydrogens (tertiary/aromatic N) is 1. The molecule has 4 nitrogen and oxygen atoms in total. The number of para-hydroxylation sites is 2. The number of nitrogens with one attached hydrogen (secondary N) is 1. The van der Waals surface area contributed by atoms with Crippen LogP contribution in [0.1, 0.15) is 0 Å². The Morgan fingerprint density at radius 1 is 0.724 bits per heavy atom. The van der Waals surface area contributed by atoms with Gasteiger partial charge in [-0.15, -0.1) is 0 Å². The summed E-state index contributed by atoms with van der Waals surface area (Å²) in [6.07, 6.45) is 0. The first-order valence-corrected chi connectivity index (χ1v) is 9.01. The number of phenolic OH excluding ortho intramolecular Hbond substituents is 1. The number of benzene rings is 3. The zero-order valence-electron chi connectivity index (χ0n) is 15.9. The Morgan fingerprint density at radius 3 is 2.17 bits per heavy atom. The fourth-order valence-corrected chi connectivity index (χ4v) is 3.51. The minimum absolute atomic E-state index is 0. The van der Waals surface area contributed by atoms with E-state index in [0.29, 0.717) is 16.8 Å². The number of aromatic nitrogens is 2. The molecule has 134 valence electrons. The van der Waals surface area contributed by atoms with Crippen LogP contribution in [0.2, 0.25) is 0 Å². The van der Waals surface area contributed by atoms with Crippen LogP contribution < -0.4 is 29.0 Å². The molecule has 2 heterocycles. The van der Waals surface area contributed by atoms with Gasteiger partial charge in [0.05, 0.1) is 5.69 Å². The van der Waals surface area contributed by atoms with Gasteiger partial charge in [0, 0.05) is 28.0 Å². The standard InChI is InChI=1S/C24H16N2O2.Li/c27-21-7-3-1-5-17(21)19-13-11-15-9-10-16-12-14-20(26-24(16)23(15)25-19)18-6-2-4-8-22(18)28;/h1-14,27-28H;/q;+1. The van der Waals surface area contributed by atoms with E-state index >= 15 is 0 Å². The number of hydrogen-bond donors (Lipinski definition) is 1. The number of rotatable bonds is 2. The molecule has 0 aliphatic heterocycles. The molecule has 0 radical (unpaired) electrons. The fourth-order valence-electron chi connectivity index (χ4n) is 3.51. The van der Waals surface area contributed by atoms with E-state index in [4.69, 9.17) is 4.98 Å². The van der Waals surface area contributed by atoms with Gasteiger partial charge in [-0.05, 0) is 36.4 Å². The molecule has 5 heteroatoms. The predicted octanol–water partition coefficient (Wildman–Crippen LogP) is 1.32. The Balaban J connectivity index is 0.00000205. The number of phenols is 1. The molecule has 0 saturated heterocycles. The Hall–Kier alpha value is -3.32. The number of hydrogen-bond acceptors (Lipinski definition) is 3. The summed E-state index contributed by atoms with van der Waals surface area (Å²) in [7, 11) is 0. The molecule has 29 heavy (non-hydrogen) atoms. The van der Waals surface area contributed by atoms with Gasteiger partial charge in [-0.1, -0.05) is 48.2 Å². The van der Waals surface area contributed by atoms with Gasteiger partial charge in [0.25, 0.3) is 0 Å². The molecular weight excluding hydrogens is 355 g/mol. The zero-order chi connectivity index (χ0) is 19.1. The number of fused-ring (bicyclic) bond motifs is 3. The predicted molar refractivity (Wildman–Crippen MR) is 108 cm³/mol. The van der Waals surface area contributed by atoms with Crippen molar-refractivity contribution in [3.05, 3.63) is 84.9 Å². The van der Waals surface area contributed by atoms with E-state index in [-0.39, 0.29) is 30.4 Å². The second kappa shape index (κ2) is 7.60. The molecule has 0 atom stereocenters. The van der Waals surface area contributed by atoms with Gasteiger partial charge >= 0.3 is 18.9 Å². The first kappa shape index (κ1) is 19.0. The number of H-pyrrole nitrogens is 1. The Labute approximate surface area is 179 Å². The molecular formula is C24H16LiN2O2+. The molecule has 2 N–H and O–H groups in total. The molecule has 0 unspecified atom stereocenters. The van der Waals surface area contributed by atoms with E-state index < -0.39 is 0 Å². The van der Waals surface area contributed by atoms with Crippen molar-refractivity contribution in [2.75, 3.05) is 0 Å². The molecule has 0 aliphatic rings. The van der Waals surface area contributed by atoms with Crippen molar-refractivity contribution in [3.8, 4) is 34.0 Å². The first-order chi connectivity index (χ1) is 13.7. The molecule has 0 bridgehead atoms. The van der Waals surface area contributed by atoms with Crippen LogP contribution in [0.15, 0.2) is 84.9 Å². The van der Waals surface area contributed by atoms with E-state index in [1.54, 1.807) is 24.3 Å². The molecule has 5 aromatic rings. The van der Waals surface area contributed by atoms with Gasteiger partial charge in [0.15, 0.2) is 0 Å². The van der Waals surface area contributed by atoms with Crippen molar-refractivity contribution in [2.45, 2.75) is 0 Å². The Kier molecular flexibility index (Phi) is 4.98. The average Bonchev–Trinajstić information content (AvgIpc) is 2.74. The van der Waals surface area contributed by atoms with Crippen LogP contribution in [0.3, 0.4) is 0 Å². The number of aromatic hydroxyl groups is 1. The largest absolute Gasteiger partial charge is 1.00 e. The molecule has 0 saturated carbocycles. The molecule has 3 aromatic carbocycles. The quantitative estimate of drug-likeness (QED) is 0.376. The molecule has 0 spiro atoms. The van der Waals surface area contributed by atoms with Crippen molar-refractivity contribution >= 4 is 21.8 Å². The van der Waals surface area contributed by atoms with Crippen molar-refractivity contribution in [1.82, 2.24) is 4.98 Å². The van der Waals surface area contributed by atoms with Crippen LogP contribution in [-0.2, 0) is 0 Å². The molecule has 5 rings (SSSR count). The topological polar surface area (TPSA) is 70.3 Å². The zero-order valence-corrected chi connectivity index (χ0v) is 15.9. The average molecular weight is 371 g/mol. The normalized spacial score (nSPS) is 10.8. The maximum absolute atomic E-state index is 12.2. The van der Waals surface area contributed by atoms with Crippen LogP contribution in [0.25, 0.3) is 44.3 Å². The van der Waals surface area contributed by atoms with Gasteiger partial charge < -0.3 is 10.2 Å². The summed E-state index contributed by atoms with van der Waals surface area (Å²) < 4.78 is 0. The van der Waals surface area contributed by atoms with E-state index in [1.165, 1.54) is 0 Å². The smallest absolute Gasteiger partial charge is 0.872 e. The summed E-state index contributed by atoms with van der Waals surface area (Å²) in [5.74, 6) is 0.167. The Morgan fingerprint density at radius 2 is 1.38 bits per heavy atom. The van der Waals surface area contributed by atoms with Crippen molar-refractivity contribution in [1.29, 1.82) is 0 Å². The van der Waals surface area contributed by atoms with Gasteiger partial charge in [0.2, 0.25) is 11.2 Å². The van der Waals surface area contributed by atoms with Crippen molar-refractivity contribution < 1.29 is 34.1 Å². The van der Waals surface area contributed by atoms with Crippen molar-refractivity contribution in [2.24, 2.45) is 0 Å². The van der Waals surface area contributed by atoms with E-state index in [0.717, 1.165) is 27.5 Å². The fraction of sp³-hybridized carbons (Fsp3) is 0. The van der Waals surface area contributed by atoms with Crippen LogP contribution >= 0.6 is 0 Å². The molecule has 0 fully saturated rings. The maximum Gasteiger partial charge on any atom is 1.00 e. The second-order valence-electron chi connectivity index (χ2n) is 6.68. The second-order valence-corrected chi connectivity index (χ2v) is 6.68. The van der Waals surface area contributed by atoms with Gasteiger partial charge in [0.1, 0.15) is 11.3 Å². The number of pyridine rings is 2. The van der Waals surface area contributed by atoms with Crippen LogP contribution in [0.5, 0.6) is 11.5 Å². The molecule has 2 aromatic heterocycles. The van der Waals surface area contributed by atoms with Crippen molar-refractivity contribution in [3.63, 3.8) is 0 Å². The third-order valence-electron chi connectivity index (χ3n) is 4.94. The third-order valence-corrected chi connectivity index (χ3v) is 4.94. The summed E-state index contributed by atoms with van der Waals surface area (Å²) in [5, 5.41) is 24.4. The first-order valence-electron chi connectivity index (χ1n) is 9.01. The Bertz CT molecular complexity index is 1250. The van der Waals surface area contributed by atoms with Crippen LogP contribution in [-0.4, -0.2) is 10.1 Å². The monoisotopic (exact) mass is 371 g/mol. The van der Waals surface area contributed by atoms with Crippen LogP contribution in [0, 0.1) is 0 Å². The summed E-state index contributed by atoms with van der Waals surface area (Å²) >= 11 is 0. The van der Waals surface area contributed by atoms with E-state index in [1.807, 2.05) is 60.7 Å². The minimum atomic E-state index is -0.0267. The van der Waals surface area contributed by atoms with Crippen LogP contribution in [0.4, 0.5) is 0 Å². The summed E-state index contributed by atoms with van der Waals surface area (Å²) in [5.41, 5.74) is 4.40. The van der Waals surface area contributed by atoms with E-state index in [9.17, 15) is 10.2 Å². The minimum Gasteiger partial charge on any atom is -0.872 e. The third kappa shape index (κ3) is 3.34. The molecule has 0 aliphatic carbocycles. The number of aromatic amines is 1. The van der Waals surface area contributed by atoms with E-state index in [2.05, 4.69) is 4.98 Å². The summed E-state index contributed by atoms with van der Waals surface area (Å²) in [6, 6.07) is 26.0. The van der Waals surface area contributed by atoms with Gasteiger partial charge in [-0.3, -0.25) is 0 Å². The van der Waals surface area contributed by atoms with Gasteiger partial charge in [-0.2, -0.15) is 0 Å². The van der Waals surface area contributed by atoms with Gasteiger partial charge in [-0.25, -0.2) is 9.97 Å².